The van der Waals surface area contributed by atoms with Gasteiger partial charge in [0.15, 0.2) is 0 Å². The van der Waals surface area contributed by atoms with E-state index in [1.807, 2.05) is 30.3 Å². The second kappa shape index (κ2) is 12.4. The summed E-state index contributed by atoms with van der Waals surface area (Å²) in [6.07, 6.45) is 1.22. The Morgan fingerprint density at radius 1 is 1.16 bits per heavy atom. The van der Waals surface area contributed by atoms with E-state index in [2.05, 4.69) is 10.1 Å². The molecule has 0 saturated carbocycles. The Kier molecular flexibility index (Phi) is 8.96. The molecule has 3 aromatic rings. The molecule has 11 nitrogen and oxygen atoms in total. The minimum absolute atomic E-state index is 0.0313. The smallest absolute Gasteiger partial charge is 0.459 e. The molecule has 1 fully saturated rings. The van der Waals surface area contributed by atoms with Crippen molar-refractivity contribution in [1.82, 2.24) is 14.6 Å². The van der Waals surface area contributed by atoms with Gasteiger partial charge in [-0.15, -0.1) is 0 Å². The second-order valence-corrected chi connectivity index (χ2v) is 10.7. The van der Waals surface area contributed by atoms with Crippen molar-refractivity contribution in [2.24, 2.45) is 5.92 Å². The van der Waals surface area contributed by atoms with E-state index in [4.69, 9.17) is 18.5 Å². The normalized spacial score (nSPS) is 19.4. The van der Waals surface area contributed by atoms with Gasteiger partial charge >= 0.3 is 19.4 Å². The van der Waals surface area contributed by atoms with Gasteiger partial charge in [0.05, 0.1) is 13.2 Å². The number of carbonyl (C=O) groups is 1. The monoisotopic (exact) mass is 543 g/mol. The van der Waals surface area contributed by atoms with Crippen molar-refractivity contribution in [1.29, 1.82) is 0 Å². The fourth-order valence-corrected chi connectivity index (χ4v) is 5.40. The lowest BCUT2D eigenvalue weighted by Crippen LogP contribution is -2.35. The predicted octanol–water partition coefficient (Wildman–Crippen LogP) is 3.31. The molecule has 2 aromatic carbocycles. The van der Waals surface area contributed by atoms with Crippen molar-refractivity contribution in [3.05, 3.63) is 98.8 Å². The van der Waals surface area contributed by atoms with E-state index >= 15 is 0 Å². The summed E-state index contributed by atoms with van der Waals surface area (Å²) in [5, 5.41) is 2.67. The Labute approximate surface area is 219 Å². The molecule has 4 rings (SSSR count). The van der Waals surface area contributed by atoms with Crippen LogP contribution in [-0.2, 0) is 30.0 Å². The quantitative estimate of drug-likeness (QED) is 0.276. The van der Waals surface area contributed by atoms with Crippen molar-refractivity contribution in [3.63, 3.8) is 0 Å². The van der Waals surface area contributed by atoms with Gasteiger partial charge in [0.1, 0.15) is 24.6 Å². The minimum Gasteiger partial charge on any atom is -0.460 e. The highest BCUT2D eigenvalue weighted by atomic mass is 31.2. The van der Waals surface area contributed by atoms with E-state index in [1.165, 1.54) is 17.7 Å². The summed E-state index contributed by atoms with van der Waals surface area (Å²) >= 11 is 0. The summed E-state index contributed by atoms with van der Waals surface area (Å²) in [7, 11) is -4.04. The zero-order valence-electron chi connectivity index (χ0n) is 21.1. The lowest BCUT2D eigenvalue weighted by molar-refractivity contribution is -0.146. The number of benzene rings is 2. The number of aromatic nitrogens is 2. The predicted molar refractivity (Wildman–Crippen MR) is 139 cm³/mol. The highest BCUT2D eigenvalue weighted by Crippen LogP contribution is 2.46. The van der Waals surface area contributed by atoms with Gasteiger partial charge < -0.3 is 14.0 Å². The first kappa shape index (κ1) is 27.5. The molecule has 202 valence electrons. The maximum Gasteiger partial charge on any atom is 0.459 e. The molecule has 1 aromatic heterocycles. The number of H-pyrrole nitrogens is 1. The van der Waals surface area contributed by atoms with Crippen LogP contribution in [0.1, 0.15) is 30.7 Å². The van der Waals surface area contributed by atoms with Crippen LogP contribution in [0.5, 0.6) is 5.75 Å². The molecule has 0 aliphatic carbocycles. The zero-order chi connectivity index (χ0) is 27.1. The highest BCUT2D eigenvalue weighted by Gasteiger charge is 2.35. The van der Waals surface area contributed by atoms with Crippen molar-refractivity contribution in [3.8, 4) is 5.75 Å². The first-order valence-corrected chi connectivity index (χ1v) is 13.7. The Morgan fingerprint density at radius 2 is 1.84 bits per heavy atom. The van der Waals surface area contributed by atoms with Crippen LogP contribution < -0.4 is 20.9 Å². The lowest BCUT2D eigenvalue weighted by Gasteiger charge is -2.24. The first-order valence-electron chi connectivity index (χ1n) is 12.1. The Balaban J connectivity index is 1.40. The van der Waals surface area contributed by atoms with Gasteiger partial charge in [0.25, 0.3) is 5.56 Å². The van der Waals surface area contributed by atoms with Gasteiger partial charge in [-0.3, -0.25) is 23.7 Å². The number of esters is 1. The topological polar surface area (TPSA) is 138 Å². The number of hydrogen-bond acceptors (Lipinski definition) is 8. The molecule has 38 heavy (non-hydrogen) atoms. The minimum atomic E-state index is -4.04. The number of carbonyl (C=O) groups excluding carboxylic acids is 1. The number of ether oxygens (including phenoxy) is 2. The van der Waals surface area contributed by atoms with E-state index in [9.17, 15) is 18.9 Å². The largest absolute Gasteiger partial charge is 0.460 e. The van der Waals surface area contributed by atoms with Crippen LogP contribution in [0.4, 0.5) is 0 Å². The molecule has 4 atom stereocenters. The van der Waals surface area contributed by atoms with Crippen molar-refractivity contribution in [2.45, 2.75) is 39.1 Å². The van der Waals surface area contributed by atoms with Crippen LogP contribution in [0.25, 0.3) is 0 Å². The number of aryl methyl sites for hydroxylation is 1. The van der Waals surface area contributed by atoms with Crippen molar-refractivity contribution >= 4 is 13.7 Å². The number of aromatic amines is 1. The van der Waals surface area contributed by atoms with E-state index < -0.39 is 37.2 Å². The van der Waals surface area contributed by atoms with Crippen molar-refractivity contribution in [2.75, 3.05) is 13.2 Å². The molecular weight excluding hydrogens is 513 g/mol. The standard InChI is InChI=1S/C26H30N3O8P/c1-18-14-29(26(32)27-24(18)30)23-13-21(16-34-23)17-36-38(33,37-22-11-7-4-8-12-22)28-19(2)25(31)35-15-20-9-5-3-6-10-20/h3-12,14,19,21,23H,13,15-17H2,1-2H3,(H,28,33)(H,27,30,32)/t19-,21+,23+,38?/m0/s1. The van der Waals surface area contributed by atoms with Crippen LogP contribution in [0.15, 0.2) is 76.4 Å². The maximum absolute atomic E-state index is 13.7. The Morgan fingerprint density at radius 3 is 2.55 bits per heavy atom. The summed E-state index contributed by atoms with van der Waals surface area (Å²) < 4.78 is 37.6. The highest BCUT2D eigenvalue weighted by molar-refractivity contribution is 7.52. The number of rotatable bonds is 11. The van der Waals surface area contributed by atoms with Crippen LogP contribution >= 0.6 is 7.75 Å². The van der Waals surface area contributed by atoms with Gasteiger partial charge in [-0.05, 0) is 31.5 Å². The average molecular weight is 544 g/mol. The summed E-state index contributed by atoms with van der Waals surface area (Å²) in [5.74, 6) is -0.551. The van der Waals surface area contributed by atoms with Gasteiger partial charge in [-0.25, -0.2) is 9.36 Å². The van der Waals surface area contributed by atoms with E-state index in [0.29, 0.717) is 17.7 Å². The third-order valence-electron chi connectivity index (χ3n) is 5.89. The average Bonchev–Trinajstić information content (AvgIpc) is 3.38. The van der Waals surface area contributed by atoms with Gasteiger partial charge in [0.2, 0.25) is 0 Å². The first-order chi connectivity index (χ1) is 18.2. The Hall–Kier alpha value is -3.50. The SMILES string of the molecule is Cc1cn([C@H]2C[C@@H](COP(=O)(N[C@@H](C)C(=O)OCc3ccccc3)Oc3ccccc3)CO2)c(=O)[nH]c1=O. The van der Waals surface area contributed by atoms with Gasteiger partial charge in [0, 0.05) is 24.1 Å². The number of nitrogens with one attached hydrogen (secondary N) is 2. The molecule has 2 heterocycles. The van der Waals surface area contributed by atoms with E-state index in [-0.39, 0.29) is 25.7 Å². The zero-order valence-corrected chi connectivity index (χ0v) is 22.0. The number of hydrogen-bond donors (Lipinski definition) is 2. The molecule has 0 bridgehead atoms. The molecule has 1 saturated heterocycles. The van der Waals surface area contributed by atoms with E-state index in [0.717, 1.165) is 5.56 Å². The molecule has 1 unspecified atom stereocenters. The lowest BCUT2D eigenvalue weighted by atomic mass is 10.1. The summed E-state index contributed by atoms with van der Waals surface area (Å²) in [6.45, 7) is 3.38. The van der Waals surface area contributed by atoms with Crippen LogP contribution in [0, 0.1) is 12.8 Å². The van der Waals surface area contributed by atoms with Gasteiger partial charge in [-0.1, -0.05) is 48.5 Å². The summed E-state index contributed by atoms with van der Waals surface area (Å²) in [4.78, 5) is 38.7. The fourth-order valence-electron chi connectivity index (χ4n) is 3.84. The molecule has 1 aliphatic heterocycles. The third kappa shape index (κ3) is 7.29. The number of para-hydroxylation sites is 1. The molecule has 12 heteroatoms. The van der Waals surface area contributed by atoms with Crippen LogP contribution in [0.2, 0.25) is 0 Å². The molecule has 2 N–H and O–H groups in total. The maximum atomic E-state index is 13.7. The summed E-state index contributed by atoms with van der Waals surface area (Å²) in [5.41, 5.74) is 0.173. The molecule has 1 aliphatic rings. The Bertz CT molecular complexity index is 1390. The fraction of sp³-hybridized carbons (Fsp3) is 0.346. The van der Waals surface area contributed by atoms with Crippen LogP contribution in [-0.4, -0.2) is 34.8 Å². The second-order valence-electron chi connectivity index (χ2n) is 9.01. The van der Waals surface area contributed by atoms with E-state index in [1.54, 1.807) is 37.3 Å². The van der Waals surface area contributed by atoms with Crippen molar-refractivity contribution < 1.29 is 27.9 Å². The molecule has 0 radical (unpaired) electrons. The summed E-state index contributed by atoms with van der Waals surface area (Å²) in [6, 6.07) is 16.7. The molecular formula is C26H30N3O8P. The van der Waals surface area contributed by atoms with Gasteiger partial charge in [-0.2, -0.15) is 5.09 Å². The molecule has 0 spiro atoms. The van der Waals surface area contributed by atoms with Crippen LogP contribution in [0.3, 0.4) is 0 Å². The third-order valence-corrected chi connectivity index (χ3v) is 7.54. The number of nitrogens with zero attached hydrogens (tertiary/aromatic N) is 1. The molecule has 0 amide bonds.